The maximum absolute atomic E-state index is 11.5. The Labute approximate surface area is 116 Å². The molecule has 0 bridgehead atoms. The van der Waals surface area contributed by atoms with Gasteiger partial charge in [0.05, 0.1) is 11.5 Å². The second-order valence-electron chi connectivity index (χ2n) is 6.54. The minimum atomic E-state index is -2.72. The molecule has 5 heteroatoms. The molecule has 0 aromatic heterocycles. The highest BCUT2D eigenvalue weighted by atomic mass is 32.2. The van der Waals surface area contributed by atoms with Crippen molar-refractivity contribution in [3.05, 3.63) is 0 Å². The van der Waals surface area contributed by atoms with Gasteiger partial charge in [0.1, 0.15) is 9.84 Å². The molecule has 110 valence electrons. The van der Waals surface area contributed by atoms with E-state index in [1.807, 2.05) is 0 Å². The van der Waals surface area contributed by atoms with Crippen molar-refractivity contribution in [2.24, 2.45) is 5.92 Å². The molecule has 19 heavy (non-hydrogen) atoms. The number of nitrogens with one attached hydrogen (secondary N) is 1. The Morgan fingerprint density at radius 3 is 2.16 bits per heavy atom. The fraction of sp³-hybridized carbons (Fsp3) is 1.00. The predicted molar refractivity (Wildman–Crippen MR) is 77.0 cm³/mol. The summed E-state index contributed by atoms with van der Waals surface area (Å²) < 4.78 is 22.9. The third kappa shape index (κ3) is 3.92. The number of likely N-dealkylation sites (tertiary alicyclic amines) is 1. The maximum Gasteiger partial charge on any atom is 0.150 e. The van der Waals surface area contributed by atoms with Gasteiger partial charge in [-0.05, 0) is 64.1 Å². The average Bonchev–Trinajstić information content (AvgIpc) is 3.21. The summed E-state index contributed by atoms with van der Waals surface area (Å²) in [6, 6.07) is 1.22. The van der Waals surface area contributed by atoms with Gasteiger partial charge >= 0.3 is 0 Å². The molecule has 0 amide bonds. The number of hydrogen-bond donors (Lipinski definition) is 1. The number of piperidine rings is 1. The normalized spacial score (nSPS) is 30.5. The highest BCUT2D eigenvalue weighted by molar-refractivity contribution is 7.91. The van der Waals surface area contributed by atoms with Crippen LogP contribution in [0, 0.1) is 5.92 Å². The molecule has 0 aromatic rings. The number of hydrogen-bond acceptors (Lipinski definition) is 4. The summed E-state index contributed by atoms with van der Waals surface area (Å²) >= 11 is 0. The minimum absolute atomic E-state index is 0.400. The van der Waals surface area contributed by atoms with Gasteiger partial charge in [0.25, 0.3) is 0 Å². The van der Waals surface area contributed by atoms with Crippen molar-refractivity contribution in [1.29, 1.82) is 0 Å². The largest absolute Gasteiger partial charge is 0.314 e. The van der Waals surface area contributed by atoms with Gasteiger partial charge in [0, 0.05) is 12.1 Å². The van der Waals surface area contributed by atoms with E-state index in [1.54, 1.807) is 0 Å². The van der Waals surface area contributed by atoms with Crippen LogP contribution in [0.25, 0.3) is 0 Å². The van der Waals surface area contributed by atoms with E-state index in [0.29, 0.717) is 23.6 Å². The summed E-state index contributed by atoms with van der Waals surface area (Å²) in [5.74, 6) is 1.76. The molecular weight excluding hydrogens is 260 g/mol. The summed E-state index contributed by atoms with van der Waals surface area (Å²) in [7, 11) is -2.72. The van der Waals surface area contributed by atoms with E-state index in [9.17, 15) is 8.42 Å². The van der Waals surface area contributed by atoms with Crippen LogP contribution in [0.3, 0.4) is 0 Å². The first-order valence-corrected chi connectivity index (χ1v) is 9.62. The summed E-state index contributed by atoms with van der Waals surface area (Å²) in [6.45, 7) is 3.51. The lowest BCUT2D eigenvalue weighted by molar-refractivity contribution is 0.134. The van der Waals surface area contributed by atoms with Crippen molar-refractivity contribution in [2.45, 2.75) is 50.6 Å². The average molecular weight is 286 g/mol. The standard InChI is InChI=1S/C14H26N2O2S/c17-19(18)9-5-14(6-10-19)16-7-3-13(4-8-16)15-11-12-1-2-12/h12-15H,1-11H2. The molecule has 1 saturated carbocycles. The minimum Gasteiger partial charge on any atom is -0.314 e. The van der Waals surface area contributed by atoms with Crippen molar-refractivity contribution in [1.82, 2.24) is 10.2 Å². The predicted octanol–water partition coefficient (Wildman–Crippen LogP) is 1.03. The van der Waals surface area contributed by atoms with Crippen LogP contribution < -0.4 is 5.32 Å². The van der Waals surface area contributed by atoms with E-state index >= 15 is 0 Å². The number of nitrogens with zero attached hydrogens (tertiary/aromatic N) is 1. The first kappa shape index (κ1) is 13.8. The summed E-state index contributed by atoms with van der Waals surface area (Å²) in [5.41, 5.74) is 0. The SMILES string of the molecule is O=S1(=O)CCC(N2CCC(NCC3CC3)CC2)CC1. The van der Waals surface area contributed by atoms with E-state index in [0.717, 1.165) is 31.8 Å². The Morgan fingerprint density at radius 2 is 1.58 bits per heavy atom. The highest BCUT2D eigenvalue weighted by Gasteiger charge is 2.31. The topological polar surface area (TPSA) is 49.4 Å². The Kier molecular flexibility index (Phi) is 4.15. The zero-order chi connectivity index (χ0) is 13.3. The van der Waals surface area contributed by atoms with Crippen LogP contribution in [-0.2, 0) is 9.84 Å². The van der Waals surface area contributed by atoms with Gasteiger partial charge < -0.3 is 10.2 Å². The fourth-order valence-corrected chi connectivity index (χ4v) is 4.83. The smallest absolute Gasteiger partial charge is 0.150 e. The third-order valence-corrected chi connectivity index (χ3v) is 6.68. The van der Waals surface area contributed by atoms with Gasteiger partial charge in [0.2, 0.25) is 0 Å². The molecule has 1 aliphatic carbocycles. The van der Waals surface area contributed by atoms with Gasteiger partial charge in [-0.15, -0.1) is 0 Å². The monoisotopic (exact) mass is 286 g/mol. The molecule has 2 heterocycles. The van der Waals surface area contributed by atoms with Gasteiger partial charge in [-0.3, -0.25) is 0 Å². The molecule has 3 fully saturated rings. The molecule has 3 rings (SSSR count). The Bertz CT molecular complexity index is 384. The van der Waals surface area contributed by atoms with Crippen molar-refractivity contribution >= 4 is 9.84 Å². The first-order valence-electron chi connectivity index (χ1n) is 7.80. The zero-order valence-corrected chi connectivity index (χ0v) is 12.5. The molecular formula is C14H26N2O2S. The van der Waals surface area contributed by atoms with E-state index < -0.39 is 9.84 Å². The van der Waals surface area contributed by atoms with Crippen molar-refractivity contribution in [3.63, 3.8) is 0 Å². The lowest BCUT2D eigenvalue weighted by Gasteiger charge is -2.39. The second kappa shape index (κ2) is 5.70. The molecule has 0 aromatic carbocycles. The summed E-state index contributed by atoms with van der Waals surface area (Å²) in [6.07, 6.45) is 7.00. The molecule has 0 unspecified atom stereocenters. The van der Waals surface area contributed by atoms with Crippen LogP contribution in [-0.4, -0.2) is 56.5 Å². The van der Waals surface area contributed by atoms with Gasteiger partial charge in [-0.2, -0.15) is 0 Å². The fourth-order valence-electron chi connectivity index (χ4n) is 3.37. The van der Waals surface area contributed by atoms with Gasteiger partial charge in [-0.25, -0.2) is 8.42 Å². The van der Waals surface area contributed by atoms with E-state index in [2.05, 4.69) is 10.2 Å². The number of sulfone groups is 1. The lowest BCUT2D eigenvalue weighted by Crippen LogP contribution is -2.49. The van der Waals surface area contributed by atoms with Crippen molar-refractivity contribution in [2.75, 3.05) is 31.1 Å². The lowest BCUT2D eigenvalue weighted by atomic mass is 10.0. The van der Waals surface area contributed by atoms with E-state index in [1.165, 1.54) is 32.2 Å². The van der Waals surface area contributed by atoms with Gasteiger partial charge in [-0.1, -0.05) is 0 Å². The molecule has 3 aliphatic rings. The van der Waals surface area contributed by atoms with Crippen LogP contribution >= 0.6 is 0 Å². The molecule has 0 spiro atoms. The Hall–Kier alpha value is -0.130. The van der Waals surface area contributed by atoms with E-state index in [-0.39, 0.29) is 0 Å². The molecule has 0 radical (unpaired) electrons. The van der Waals surface area contributed by atoms with Crippen molar-refractivity contribution < 1.29 is 8.42 Å². The molecule has 4 nitrogen and oxygen atoms in total. The van der Waals surface area contributed by atoms with Crippen molar-refractivity contribution in [3.8, 4) is 0 Å². The van der Waals surface area contributed by atoms with Gasteiger partial charge in [0.15, 0.2) is 0 Å². The third-order valence-electron chi connectivity index (χ3n) is 4.96. The Balaban J connectivity index is 1.39. The zero-order valence-electron chi connectivity index (χ0n) is 11.7. The molecule has 2 saturated heterocycles. The maximum atomic E-state index is 11.5. The summed E-state index contributed by atoms with van der Waals surface area (Å²) in [5, 5.41) is 3.70. The van der Waals surface area contributed by atoms with Crippen LogP contribution in [0.4, 0.5) is 0 Å². The molecule has 2 aliphatic heterocycles. The van der Waals surface area contributed by atoms with E-state index in [4.69, 9.17) is 0 Å². The van der Waals surface area contributed by atoms with Crippen LogP contribution in [0.5, 0.6) is 0 Å². The summed E-state index contributed by atoms with van der Waals surface area (Å²) in [4.78, 5) is 2.53. The second-order valence-corrected chi connectivity index (χ2v) is 8.85. The first-order chi connectivity index (χ1) is 9.12. The molecule has 0 atom stereocenters. The quantitative estimate of drug-likeness (QED) is 0.838. The van der Waals surface area contributed by atoms with Crippen LogP contribution in [0.2, 0.25) is 0 Å². The van der Waals surface area contributed by atoms with Crippen LogP contribution in [0.15, 0.2) is 0 Å². The molecule has 1 N–H and O–H groups in total. The highest BCUT2D eigenvalue weighted by Crippen LogP contribution is 2.28. The van der Waals surface area contributed by atoms with Crippen LogP contribution in [0.1, 0.15) is 38.5 Å². The Morgan fingerprint density at radius 1 is 0.947 bits per heavy atom. The number of rotatable bonds is 4.